The van der Waals surface area contributed by atoms with E-state index in [1.54, 1.807) is 0 Å². The first-order valence-electron chi connectivity index (χ1n) is 6.00. The first-order chi connectivity index (χ1) is 8.19. The molecule has 0 amide bonds. The van der Waals surface area contributed by atoms with E-state index in [-0.39, 0.29) is 17.8 Å². The average Bonchev–Trinajstić information content (AvgIpc) is 2.75. The van der Waals surface area contributed by atoms with Gasteiger partial charge in [-0.2, -0.15) is 0 Å². The van der Waals surface area contributed by atoms with Gasteiger partial charge in [0.25, 0.3) is 0 Å². The van der Waals surface area contributed by atoms with Gasteiger partial charge in [0.05, 0.1) is 13.5 Å². The van der Waals surface area contributed by atoms with Crippen LogP contribution in [0, 0.1) is 0 Å². The predicted octanol–water partition coefficient (Wildman–Crippen LogP) is 2.89. The van der Waals surface area contributed by atoms with Crippen LogP contribution < -0.4 is 0 Å². The summed E-state index contributed by atoms with van der Waals surface area (Å²) in [5.41, 5.74) is 4.13. The van der Waals surface area contributed by atoms with Gasteiger partial charge >= 0.3 is 5.97 Å². The lowest BCUT2D eigenvalue weighted by Crippen LogP contribution is -2.12. The summed E-state index contributed by atoms with van der Waals surface area (Å²) >= 11 is 6.14. The van der Waals surface area contributed by atoms with Crippen molar-refractivity contribution in [1.29, 1.82) is 0 Å². The molecule has 1 aliphatic rings. The zero-order chi connectivity index (χ0) is 12.3. The molecular formula is C14H17ClO2. The summed E-state index contributed by atoms with van der Waals surface area (Å²) in [6.07, 6.45) is 4.62. The van der Waals surface area contributed by atoms with E-state index < -0.39 is 0 Å². The first kappa shape index (κ1) is 12.4. The van der Waals surface area contributed by atoms with Gasteiger partial charge in [0.15, 0.2) is 0 Å². The topological polar surface area (TPSA) is 26.3 Å². The van der Waals surface area contributed by atoms with Gasteiger partial charge in [0.1, 0.15) is 0 Å². The number of hydrogen-bond acceptors (Lipinski definition) is 2. The lowest BCUT2D eigenvalue weighted by atomic mass is 10.0. The highest BCUT2D eigenvalue weighted by Gasteiger charge is 2.15. The Bertz CT molecular complexity index is 415. The van der Waals surface area contributed by atoms with Crippen LogP contribution in [0.4, 0.5) is 0 Å². The zero-order valence-corrected chi connectivity index (χ0v) is 10.8. The highest BCUT2D eigenvalue weighted by Crippen LogP contribution is 2.24. The van der Waals surface area contributed by atoms with E-state index >= 15 is 0 Å². The van der Waals surface area contributed by atoms with Crippen LogP contribution in [0.3, 0.4) is 0 Å². The molecule has 0 aromatic heterocycles. The molecule has 0 aliphatic heterocycles. The quantitative estimate of drug-likeness (QED) is 0.608. The molecule has 0 heterocycles. The van der Waals surface area contributed by atoms with E-state index in [0.29, 0.717) is 0 Å². The van der Waals surface area contributed by atoms with Crippen molar-refractivity contribution < 1.29 is 9.53 Å². The fourth-order valence-electron chi connectivity index (χ4n) is 2.34. The maximum atomic E-state index is 11.1. The van der Waals surface area contributed by atoms with E-state index in [2.05, 4.69) is 22.9 Å². The molecule has 2 nitrogen and oxygen atoms in total. The summed E-state index contributed by atoms with van der Waals surface area (Å²) < 4.78 is 4.61. The summed E-state index contributed by atoms with van der Waals surface area (Å²) in [5, 5.41) is -0.179. The van der Waals surface area contributed by atoms with Gasteiger partial charge in [-0.3, -0.25) is 4.79 Å². The number of alkyl halides is 1. The van der Waals surface area contributed by atoms with Crippen molar-refractivity contribution in [3.05, 3.63) is 34.9 Å². The van der Waals surface area contributed by atoms with Crippen LogP contribution in [0.25, 0.3) is 0 Å². The number of aryl methyl sites for hydroxylation is 2. The molecule has 3 heteroatoms. The Hall–Kier alpha value is -1.02. The van der Waals surface area contributed by atoms with Gasteiger partial charge in [0, 0.05) is 5.38 Å². The monoisotopic (exact) mass is 252 g/mol. The zero-order valence-electron chi connectivity index (χ0n) is 10.0. The van der Waals surface area contributed by atoms with E-state index in [1.165, 1.54) is 43.1 Å². The third-order valence-electron chi connectivity index (χ3n) is 3.24. The molecule has 0 saturated carbocycles. The number of hydrogen-bond donors (Lipinski definition) is 0. The molecular weight excluding hydrogens is 236 g/mol. The summed E-state index contributed by atoms with van der Waals surface area (Å²) in [6, 6.07) is 6.55. The summed E-state index contributed by atoms with van der Waals surface area (Å²) in [6.45, 7) is 0. The molecule has 17 heavy (non-hydrogen) atoms. The fourth-order valence-corrected chi connectivity index (χ4v) is 2.65. The molecule has 92 valence electrons. The van der Waals surface area contributed by atoms with Gasteiger partial charge in [-0.15, -0.1) is 11.6 Å². The smallest absolute Gasteiger partial charge is 0.307 e. The van der Waals surface area contributed by atoms with Crippen LogP contribution >= 0.6 is 11.6 Å². The highest BCUT2D eigenvalue weighted by atomic mass is 35.5. The number of carbonyl (C=O) groups is 1. The highest BCUT2D eigenvalue weighted by molar-refractivity contribution is 6.21. The number of fused-ring (bicyclic) bond motifs is 1. The number of rotatable bonds is 4. The van der Waals surface area contributed by atoms with E-state index in [0.717, 1.165) is 6.42 Å². The normalized spacial score (nSPS) is 15.4. The molecule has 1 aliphatic carbocycles. The molecule has 0 radical (unpaired) electrons. The van der Waals surface area contributed by atoms with Crippen LogP contribution in [0.2, 0.25) is 0 Å². The lowest BCUT2D eigenvalue weighted by Gasteiger charge is -2.09. The molecule has 0 N–H and O–H groups in total. The number of benzene rings is 1. The Morgan fingerprint density at radius 3 is 2.94 bits per heavy atom. The number of esters is 1. The minimum atomic E-state index is -0.244. The standard InChI is InChI=1S/C14H17ClO2/c1-17-14(16)9-13(15)8-10-5-6-11-3-2-4-12(11)7-10/h5-7,13H,2-4,8-9H2,1H3. The van der Waals surface area contributed by atoms with Crippen LogP contribution in [0.15, 0.2) is 18.2 Å². The summed E-state index contributed by atoms with van der Waals surface area (Å²) in [7, 11) is 1.39. The molecule has 1 aromatic rings. The second-order valence-corrected chi connectivity index (χ2v) is 5.16. The maximum Gasteiger partial charge on any atom is 0.307 e. The summed E-state index contributed by atoms with van der Waals surface area (Å²) in [4.78, 5) is 11.1. The van der Waals surface area contributed by atoms with Gasteiger partial charge in [-0.05, 0) is 42.4 Å². The lowest BCUT2D eigenvalue weighted by molar-refractivity contribution is -0.140. The Morgan fingerprint density at radius 1 is 1.41 bits per heavy atom. The number of carbonyl (C=O) groups excluding carboxylic acids is 1. The average molecular weight is 253 g/mol. The largest absolute Gasteiger partial charge is 0.469 e. The van der Waals surface area contributed by atoms with Crippen molar-refractivity contribution in [3.63, 3.8) is 0 Å². The SMILES string of the molecule is COC(=O)CC(Cl)Cc1ccc2c(c1)CCC2. The molecule has 0 spiro atoms. The van der Waals surface area contributed by atoms with Crippen molar-refractivity contribution in [2.75, 3.05) is 7.11 Å². The molecule has 0 saturated heterocycles. The summed E-state index contributed by atoms with van der Waals surface area (Å²) in [5.74, 6) is -0.244. The van der Waals surface area contributed by atoms with Crippen molar-refractivity contribution in [2.24, 2.45) is 0 Å². The van der Waals surface area contributed by atoms with Crippen LogP contribution in [-0.4, -0.2) is 18.5 Å². The Kier molecular flexibility index (Phi) is 4.06. The van der Waals surface area contributed by atoms with Gasteiger partial charge in [-0.1, -0.05) is 18.2 Å². The van der Waals surface area contributed by atoms with E-state index in [1.807, 2.05) is 0 Å². The molecule has 0 fully saturated rings. The number of halogens is 1. The molecule has 1 aromatic carbocycles. The fraction of sp³-hybridized carbons (Fsp3) is 0.500. The molecule has 1 atom stereocenters. The molecule has 2 rings (SSSR count). The Morgan fingerprint density at radius 2 is 2.18 bits per heavy atom. The van der Waals surface area contributed by atoms with E-state index in [9.17, 15) is 4.79 Å². The third-order valence-corrected chi connectivity index (χ3v) is 3.54. The third kappa shape index (κ3) is 3.22. The van der Waals surface area contributed by atoms with E-state index in [4.69, 9.17) is 11.6 Å². The Balaban J connectivity index is 1.97. The van der Waals surface area contributed by atoms with Crippen LogP contribution in [0.1, 0.15) is 29.5 Å². The van der Waals surface area contributed by atoms with Crippen LogP contribution in [0.5, 0.6) is 0 Å². The Labute approximate surface area is 107 Å². The molecule has 1 unspecified atom stereocenters. The second-order valence-electron chi connectivity index (χ2n) is 4.54. The van der Waals surface area contributed by atoms with Gasteiger partial charge in [-0.25, -0.2) is 0 Å². The van der Waals surface area contributed by atoms with Crippen molar-refractivity contribution in [3.8, 4) is 0 Å². The van der Waals surface area contributed by atoms with Crippen LogP contribution in [-0.2, 0) is 28.8 Å². The van der Waals surface area contributed by atoms with Gasteiger partial charge < -0.3 is 4.74 Å². The minimum absolute atomic E-state index is 0.179. The van der Waals surface area contributed by atoms with Crippen molar-refractivity contribution in [2.45, 2.75) is 37.5 Å². The molecule has 0 bridgehead atoms. The van der Waals surface area contributed by atoms with Gasteiger partial charge in [0.2, 0.25) is 0 Å². The second kappa shape index (κ2) is 5.54. The number of ether oxygens (including phenoxy) is 1. The predicted molar refractivity (Wildman–Crippen MR) is 68.4 cm³/mol. The number of methoxy groups -OCH3 is 1. The minimum Gasteiger partial charge on any atom is -0.469 e. The first-order valence-corrected chi connectivity index (χ1v) is 6.44. The maximum absolute atomic E-state index is 11.1. The van der Waals surface area contributed by atoms with Crippen molar-refractivity contribution in [1.82, 2.24) is 0 Å². The van der Waals surface area contributed by atoms with Crippen molar-refractivity contribution >= 4 is 17.6 Å².